The largest absolute Gasteiger partial charge is 0.501 e. The van der Waals surface area contributed by atoms with Crippen LogP contribution in [0.15, 0.2) is 23.0 Å². The number of hydrogen-bond acceptors (Lipinski definition) is 7. The van der Waals surface area contributed by atoms with Crippen molar-refractivity contribution in [2.75, 3.05) is 34.4 Å². The number of carbonyl (C=O) groups is 3. The van der Waals surface area contributed by atoms with Crippen LogP contribution in [-0.4, -0.2) is 76.4 Å². The van der Waals surface area contributed by atoms with E-state index in [1.54, 1.807) is 26.0 Å². The molecule has 1 aliphatic rings. The number of carbonyl (C=O) groups excluding carboxylic acids is 3. The number of likely N-dealkylation sites (N-methyl/N-ethyl adjacent to an activating group) is 2. The first-order chi connectivity index (χ1) is 16.4. The van der Waals surface area contributed by atoms with Crippen molar-refractivity contribution in [1.29, 1.82) is 0 Å². The van der Waals surface area contributed by atoms with Crippen LogP contribution in [-0.2, 0) is 20.7 Å². The molecular formula is C24H29FN4O6. The minimum Gasteiger partial charge on any atom is -0.501 e. The summed E-state index contributed by atoms with van der Waals surface area (Å²) in [4.78, 5) is 57.6. The number of benzene rings is 1. The quantitative estimate of drug-likeness (QED) is 0.499. The summed E-state index contributed by atoms with van der Waals surface area (Å²) in [5.41, 5.74) is -0.0932. The number of halogens is 1. The first-order valence-electron chi connectivity index (χ1n) is 11.1. The van der Waals surface area contributed by atoms with Crippen molar-refractivity contribution in [2.45, 2.75) is 38.8 Å². The van der Waals surface area contributed by atoms with Gasteiger partial charge in [0.2, 0.25) is 5.75 Å². The summed E-state index contributed by atoms with van der Waals surface area (Å²) >= 11 is 0. The molecule has 35 heavy (non-hydrogen) atoms. The van der Waals surface area contributed by atoms with Crippen molar-refractivity contribution in [2.24, 2.45) is 0 Å². The van der Waals surface area contributed by atoms with E-state index >= 15 is 0 Å². The number of aryl methyl sites for hydroxylation is 2. The highest BCUT2D eigenvalue weighted by Crippen LogP contribution is 2.27. The van der Waals surface area contributed by atoms with Crippen LogP contribution in [0.5, 0.6) is 5.75 Å². The van der Waals surface area contributed by atoms with E-state index in [0.717, 1.165) is 15.4 Å². The molecule has 0 unspecified atom stereocenters. The number of hydrogen-bond donors (Lipinski definition) is 1. The molecule has 2 amide bonds. The van der Waals surface area contributed by atoms with E-state index in [0.29, 0.717) is 5.56 Å². The van der Waals surface area contributed by atoms with Crippen LogP contribution < -0.4 is 5.56 Å². The lowest BCUT2D eigenvalue weighted by Gasteiger charge is -2.28. The molecule has 1 aromatic heterocycles. The minimum atomic E-state index is -0.948. The summed E-state index contributed by atoms with van der Waals surface area (Å²) in [7, 11) is 4.26. The fourth-order valence-corrected chi connectivity index (χ4v) is 3.90. The molecule has 1 N–H and O–H groups in total. The number of ketones is 1. The number of aromatic hydroxyl groups is 1. The van der Waals surface area contributed by atoms with Crippen LogP contribution in [0.3, 0.4) is 0 Å². The van der Waals surface area contributed by atoms with Gasteiger partial charge < -0.3 is 19.6 Å². The molecule has 11 heteroatoms. The number of amides is 2. The van der Waals surface area contributed by atoms with Gasteiger partial charge in [0.15, 0.2) is 11.5 Å². The third-order valence-corrected chi connectivity index (χ3v) is 6.00. The average Bonchev–Trinajstić information content (AvgIpc) is 2.98. The lowest BCUT2D eigenvalue weighted by atomic mass is 10.0. The summed E-state index contributed by atoms with van der Waals surface area (Å²) in [6.45, 7) is 3.33. The molecule has 2 heterocycles. The van der Waals surface area contributed by atoms with E-state index < -0.39 is 46.7 Å². The summed E-state index contributed by atoms with van der Waals surface area (Å²) in [5, 5.41) is 10.6. The van der Waals surface area contributed by atoms with Crippen molar-refractivity contribution < 1.29 is 28.6 Å². The van der Waals surface area contributed by atoms with Crippen LogP contribution in [0.25, 0.3) is 0 Å². The van der Waals surface area contributed by atoms with Gasteiger partial charge in [-0.3, -0.25) is 23.7 Å². The van der Waals surface area contributed by atoms with Gasteiger partial charge in [-0.15, -0.1) is 0 Å². The Labute approximate surface area is 201 Å². The van der Waals surface area contributed by atoms with Gasteiger partial charge in [0, 0.05) is 27.6 Å². The Kier molecular flexibility index (Phi) is 7.69. The van der Waals surface area contributed by atoms with Crippen molar-refractivity contribution >= 4 is 17.6 Å². The highest BCUT2D eigenvalue weighted by molar-refractivity contribution is 6.34. The summed E-state index contributed by atoms with van der Waals surface area (Å²) in [5.74, 6) is -3.30. The summed E-state index contributed by atoms with van der Waals surface area (Å²) in [6, 6.07) is 3.01. The molecule has 3 rings (SSSR count). The molecule has 0 aliphatic carbocycles. The van der Waals surface area contributed by atoms with E-state index in [9.17, 15) is 28.7 Å². The van der Waals surface area contributed by atoms with E-state index in [4.69, 9.17) is 4.74 Å². The smallest absolute Gasteiger partial charge is 0.312 e. The lowest BCUT2D eigenvalue weighted by Crippen LogP contribution is -2.44. The Balaban J connectivity index is 1.99. The molecular weight excluding hydrogens is 459 g/mol. The van der Waals surface area contributed by atoms with Crippen LogP contribution in [0.4, 0.5) is 4.39 Å². The highest BCUT2D eigenvalue weighted by atomic mass is 19.1. The van der Waals surface area contributed by atoms with E-state index in [2.05, 4.69) is 4.98 Å². The maximum absolute atomic E-state index is 13.5. The highest BCUT2D eigenvalue weighted by Gasteiger charge is 2.35. The van der Waals surface area contributed by atoms with Crippen LogP contribution in [0, 0.1) is 12.7 Å². The van der Waals surface area contributed by atoms with Gasteiger partial charge in [0.25, 0.3) is 5.56 Å². The second kappa shape index (κ2) is 10.3. The Morgan fingerprint density at radius 2 is 1.89 bits per heavy atom. The lowest BCUT2D eigenvalue weighted by molar-refractivity contribution is -0.151. The van der Waals surface area contributed by atoms with Gasteiger partial charge in [0.1, 0.15) is 17.7 Å². The van der Waals surface area contributed by atoms with Crippen LogP contribution >= 0.6 is 0 Å². The Morgan fingerprint density at radius 3 is 2.51 bits per heavy atom. The Morgan fingerprint density at radius 1 is 1.20 bits per heavy atom. The fourth-order valence-electron chi connectivity index (χ4n) is 3.90. The second-order valence-electron chi connectivity index (χ2n) is 8.87. The molecule has 1 aliphatic heterocycles. The first kappa shape index (κ1) is 26.0. The van der Waals surface area contributed by atoms with Gasteiger partial charge in [0.05, 0.1) is 19.3 Å². The number of rotatable bonds is 5. The van der Waals surface area contributed by atoms with Crippen LogP contribution in [0.2, 0.25) is 0 Å². The van der Waals surface area contributed by atoms with Crippen LogP contribution in [0.1, 0.15) is 52.9 Å². The van der Waals surface area contributed by atoms with Crippen molar-refractivity contribution in [3.8, 4) is 5.75 Å². The topological polar surface area (TPSA) is 122 Å². The SMILES string of the molecule is Cc1cc(CCC(=O)c2nc3n(c(=O)c2O)[C@H](C)COC[C@H]3N(C)C(=O)C(=O)N(C)C)ccc1F. The predicted molar refractivity (Wildman–Crippen MR) is 124 cm³/mol. The molecule has 0 spiro atoms. The van der Waals surface area contributed by atoms with Gasteiger partial charge >= 0.3 is 11.8 Å². The number of Topliss-reactive ketones (excluding diaryl/α,β-unsaturated/α-hetero) is 1. The molecule has 2 atom stereocenters. The van der Waals surface area contributed by atoms with E-state index in [1.807, 2.05) is 0 Å². The molecule has 0 saturated carbocycles. The van der Waals surface area contributed by atoms with Gasteiger partial charge in [-0.2, -0.15) is 0 Å². The molecule has 0 fully saturated rings. The van der Waals surface area contributed by atoms with Gasteiger partial charge in [-0.05, 0) is 37.5 Å². The number of aromatic nitrogens is 2. The maximum Gasteiger partial charge on any atom is 0.312 e. The minimum absolute atomic E-state index is 0.0428. The molecule has 0 bridgehead atoms. The monoisotopic (exact) mass is 488 g/mol. The van der Waals surface area contributed by atoms with Crippen molar-refractivity contribution in [3.05, 3.63) is 57.0 Å². The average molecular weight is 489 g/mol. The molecule has 0 saturated heterocycles. The Hall–Kier alpha value is -3.60. The van der Waals surface area contributed by atoms with Crippen molar-refractivity contribution in [1.82, 2.24) is 19.4 Å². The zero-order valence-electron chi connectivity index (χ0n) is 20.4. The normalized spacial score (nSPS) is 17.3. The third-order valence-electron chi connectivity index (χ3n) is 6.00. The zero-order chi connectivity index (χ0) is 26.0. The summed E-state index contributed by atoms with van der Waals surface area (Å²) in [6.07, 6.45) is 0.164. The fraction of sp³-hybridized carbons (Fsp3) is 0.458. The first-order valence-corrected chi connectivity index (χ1v) is 11.1. The van der Waals surface area contributed by atoms with Gasteiger partial charge in [-0.1, -0.05) is 12.1 Å². The molecule has 1 aromatic carbocycles. The number of ether oxygens (including phenoxy) is 1. The molecule has 2 aromatic rings. The van der Waals surface area contributed by atoms with E-state index in [-0.39, 0.29) is 37.7 Å². The third kappa shape index (κ3) is 5.24. The second-order valence-corrected chi connectivity index (χ2v) is 8.87. The zero-order valence-corrected chi connectivity index (χ0v) is 20.4. The standard InChI is InChI=1S/C24H29FN4O6/c1-13-10-15(6-8-16(13)25)7-9-18(30)19-20(31)22(32)29-14(2)11-35-12-17(21(29)26-19)28(5)24(34)23(33)27(3)4/h6,8,10,14,17,31H,7,9,11-12H2,1-5H3/t14-,17-/m1/s1. The summed E-state index contributed by atoms with van der Waals surface area (Å²) < 4.78 is 20.3. The Bertz CT molecular complexity index is 1230. The van der Waals surface area contributed by atoms with E-state index in [1.165, 1.54) is 31.8 Å². The predicted octanol–water partition coefficient (Wildman–Crippen LogP) is 1.39. The molecule has 0 radical (unpaired) electrons. The maximum atomic E-state index is 13.5. The number of fused-ring (bicyclic) bond motifs is 1. The molecule has 188 valence electrons. The van der Waals surface area contributed by atoms with Crippen molar-refractivity contribution in [3.63, 3.8) is 0 Å². The molecule has 10 nitrogen and oxygen atoms in total. The number of nitrogens with zero attached hydrogens (tertiary/aromatic N) is 4. The van der Waals surface area contributed by atoms with Gasteiger partial charge in [-0.25, -0.2) is 9.37 Å².